The Morgan fingerprint density at radius 2 is 2.10 bits per heavy atom. The summed E-state index contributed by atoms with van der Waals surface area (Å²) in [5.41, 5.74) is 3.06. The van der Waals surface area contributed by atoms with Crippen LogP contribution in [0.25, 0.3) is 10.9 Å². The van der Waals surface area contributed by atoms with Crippen LogP contribution in [-0.4, -0.2) is 22.1 Å². The van der Waals surface area contributed by atoms with Crippen LogP contribution in [0.1, 0.15) is 23.1 Å². The van der Waals surface area contributed by atoms with Crippen LogP contribution in [0.5, 0.6) is 0 Å². The van der Waals surface area contributed by atoms with Crippen LogP contribution in [0.3, 0.4) is 0 Å². The number of carbonyl (C=O) groups is 1. The third kappa shape index (κ3) is 1.86. The zero-order valence-corrected chi connectivity index (χ0v) is 11.2. The predicted molar refractivity (Wildman–Crippen MR) is 77.1 cm³/mol. The van der Waals surface area contributed by atoms with Gasteiger partial charge in [-0.25, -0.2) is 0 Å². The number of H-pyrrole nitrogens is 1. The molecule has 0 fully saturated rings. The van der Waals surface area contributed by atoms with Crippen LogP contribution in [0.2, 0.25) is 0 Å². The average Bonchev–Trinajstić information content (AvgIpc) is 3.13. The number of para-hydroxylation sites is 1. The summed E-state index contributed by atoms with van der Waals surface area (Å²) in [6.07, 6.45) is 2.07. The van der Waals surface area contributed by atoms with E-state index in [0.29, 0.717) is 12.2 Å². The lowest BCUT2D eigenvalue weighted by atomic mass is 9.93. The summed E-state index contributed by atoms with van der Waals surface area (Å²) in [5.74, 6) is -0.128. The number of aromatic amines is 1. The quantitative estimate of drug-likeness (QED) is 0.674. The van der Waals surface area contributed by atoms with Gasteiger partial charge in [0.05, 0.1) is 6.26 Å². The van der Waals surface area contributed by atoms with Gasteiger partial charge in [0.2, 0.25) is 0 Å². The van der Waals surface area contributed by atoms with Gasteiger partial charge in [-0.05, 0) is 23.8 Å². The molecule has 0 unspecified atom stereocenters. The fourth-order valence-corrected chi connectivity index (χ4v) is 3.07. The molecule has 0 spiro atoms. The fraction of sp³-hybridized carbons (Fsp3) is 0.188. The molecule has 0 aliphatic carbocycles. The van der Waals surface area contributed by atoms with Gasteiger partial charge in [-0.3, -0.25) is 10.1 Å². The highest BCUT2D eigenvalue weighted by Crippen LogP contribution is 2.35. The van der Waals surface area contributed by atoms with Gasteiger partial charge >= 0.3 is 5.97 Å². The summed E-state index contributed by atoms with van der Waals surface area (Å²) < 4.78 is 5.48. The van der Waals surface area contributed by atoms with Gasteiger partial charge in [0.1, 0.15) is 17.8 Å². The van der Waals surface area contributed by atoms with E-state index in [1.54, 1.807) is 6.26 Å². The Hall–Kier alpha value is -2.53. The molecular formula is C16H14N2O3. The van der Waals surface area contributed by atoms with Crippen LogP contribution in [0.15, 0.2) is 47.1 Å². The first-order valence-corrected chi connectivity index (χ1v) is 6.86. The van der Waals surface area contributed by atoms with Crippen molar-refractivity contribution in [3.63, 3.8) is 0 Å². The average molecular weight is 282 g/mol. The molecule has 1 aromatic carbocycles. The van der Waals surface area contributed by atoms with E-state index in [9.17, 15) is 9.90 Å². The number of benzene rings is 1. The summed E-state index contributed by atoms with van der Waals surface area (Å²) in [4.78, 5) is 14.8. The lowest BCUT2D eigenvalue weighted by Crippen LogP contribution is -2.44. The van der Waals surface area contributed by atoms with Crippen molar-refractivity contribution in [1.29, 1.82) is 0 Å². The van der Waals surface area contributed by atoms with Crippen molar-refractivity contribution >= 4 is 16.9 Å². The van der Waals surface area contributed by atoms with E-state index in [1.807, 2.05) is 36.4 Å². The summed E-state index contributed by atoms with van der Waals surface area (Å²) in [6.45, 7) is 0. The largest absolute Gasteiger partial charge is 0.480 e. The van der Waals surface area contributed by atoms with Gasteiger partial charge in [-0.15, -0.1) is 0 Å². The van der Waals surface area contributed by atoms with Crippen molar-refractivity contribution < 1.29 is 14.3 Å². The number of rotatable bonds is 2. The first-order valence-electron chi connectivity index (χ1n) is 6.86. The molecule has 3 aromatic rings. The van der Waals surface area contributed by atoms with Crippen molar-refractivity contribution in [3.05, 3.63) is 59.7 Å². The van der Waals surface area contributed by atoms with E-state index in [4.69, 9.17) is 4.42 Å². The van der Waals surface area contributed by atoms with Crippen LogP contribution in [0.4, 0.5) is 0 Å². The van der Waals surface area contributed by atoms with Gasteiger partial charge in [0, 0.05) is 23.0 Å². The molecule has 5 nitrogen and oxygen atoms in total. The standard InChI is InChI=1S/C16H14N2O3/c19-16(20)12-8-10-9-4-1-2-5-11(9)17-14(10)15(18-12)13-6-3-7-21-13/h1-7,12,15,17-18H,8H2,(H,19,20)/t12-,15+/m1/s1. The van der Waals surface area contributed by atoms with Crippen molar-refractivity contribution in [1.82, 2.24) is 10.3 Å². The second-order valence-corrected chi connectivity index (χ2v) is 5.27. The van der Waals surface area contributed by atoms with Crippen molar-refractivity contribution in [2.24, 2.45) is 0 Å². The lowest BCUT2D eigenvalue weighted by Gasteiger charge is -2.27. The van der Waals surface area contributed by atoms with E-state index in [2.05, 4.69) is 10.3 Å². The molecule has 2 atom stereocenters. The molecule has 1 aliphatic rings. The molecule has 3 heterocycles. The van der Waals surface area contributed by atoms with Gasteiger partial charge in [-0.1, -0.05) is 18.2 Å². The SMILES string of the molecule is O=C(O)[C@H]1Cc2c([nH]c3ccccc23)[C@H](c2ccco2)N1. The molecule has 1 aliphatic heterocycles. The number of furan rings is 1. The highest BCUT2D eigenvalue weighted by atomic mass is 16.4. The Morgan fingerprint density at radius 1 is 1.24 bits per heavy atom. The zero-order valence-electron chi connectivity index (χ0n) is 11.2. The zero-order chi connectivity index (χ0) is 14.4. The molecule has 4 rings (SSSR count). The molecule has 0 saturated heterocycles. The van der Waals surface area contributed by atoms with Crippen LogP contribution >= 0.6 is 0 Å². The number of nitrogens with one attached hydrogen (secondary N) is 2. The summed E-state index contributed by atoms with van der Waals surface area (Å²) >= 11 is 0. The fourth-order valence-electron chi connectivity index (χ4n) is 3.07. The number of aromatic nitrogens is 1. The molecular weight excluding hydrogens is 268 g/mol. The number of carboxylic acid groups (broad SMARTS) is 1. The maximum atomic E-state index is 11.4. The topological polar surface area (TPSA) is 78.3 Å². The highest BCUT2D eigenvalue weighted by molar-refractivity contribution is 5.87. The second-order valence-electron chi connectivity index (χ2n) is 5.27. The maximum absolute atomic E-state index is 11.4. The van der Waals surface area contributed by atoms with Crippen molar-refractivity contribution in [2.45, 2.75) is 18.5 Å². The van der Waals surface area contributed by atoms with Gasteiger partial charge < -0.3 is 14.5 Å². The highest BCUT2D eigenvalue weighted by Gasteiger charge is 2.34. The Morgan fingerprint density at radius 3 is 2.86 bits per heavy atom. The van der Waals surface area contributed by atoms with Gasteiger partial charge in [0.25, 0.3) is 0 Å². The van der Waals surface area contributed by atoms with Crippen LogP contribution in [-0.2, 0) is 11.2 Å². The Kier molecular flexibility index (Phi) is 2.62. The molecule has 0 saturated carbocycles. The normalized spacial score (nSPS) is 21.3. The van der Waals surface area contributed by atoms with Crippen molar-refractivity contribution in [2.75, 3.05) is 0 Å². The molecule has 0 radical (unpaired) electrons. The maximum Gasteiger partial charge on any atom is 0.321 e. The third-order valence-corrected chi connectivity index (χ3v) is 4.04. The van der Waals surface area contributed by atoms with E-state index in [-0.39, 0.29) is 6.04 Å². The molecule has 2 aromatic heterocycles. The summed E-state index contributed by atoms with van der Waals surface area (Å²) in [7, 11) is 0. The molecule has 21 heavy (non-hydrogen) atoms. The Balaban J connectivity index is 1.92. The minimum Gasteiger partial charge on any atom is -0.480 e. The van der Waals surface area contributed by atoms with E-state index < -0.39 is 12.0 Å². The molecule has 0 amide bonds. The lowest BCUT2D eigenvalue weighted by molar-refractivity contribution is -0.139. The minimum absolute atomic E-state index is 0.266. The number of hydrogen-bond acceptors (Lipinski definition) is 3. The first kappa shape index (κ1) is 12.2. The van der Waals surface area contributed by atoms with E-state index >= 15 is 0 Å². The number of hydrogen-bond donors (Lipinski definition) is 3. The molecule has 0 bridgehead atoms. The van der Waals surface area contributed by atoms with Gasteiger partial charge in [0.15, 0.2) is 0 Å². The summed E-state index contributed by atoms with van der Waals surface area (Å²) in [5, 5.41) is 13.6. The first-order chi connectivity index (χ1) is 10.2. The monoisotopic (exact) mass is 282 g/mol. The smallest absolute Gasteiger partial charge is 0.321 e. The number of carboxylic acids is 1. The Bertz CT molecular complexity index is 804. The van der Waals surface area contributed by atoms with E-state index in [1.165, 1.54) is 0 Å². The van der Waals surface area contributed by atoms with Crippen molar-refractivity contribution in [3.8, 4) is 0 Å². The summed E-state index contributed by atoms with van der Waals surface area (Å²) in [6, 6.07) is 10.7. The van der Waals surface area contributed by atoms with E-state index in [0.717, 1.165) is 22.2 Å². The number of fused-ring (bicyclic) bond motifs is 3. The Labute approximate surface area is 120 Å². The van der Waals surface area contributed by atoms with Crippen LogP contribution in [0, 0.1) is 0 Å². The predicted octanol–water partition coefficient (Wildman–Crippen LogP) is 2.45. The minimum atomic E-state index is -0.845. The number of aliphatic carboxylic acids is 1. The van der Waals surface area contributed by atoms with Gasteiger partial charge in [-0.2, -0.15) is 0 Å². The molecule has 3 N–H and O–H groups in total. The third-order valence-electron chi connectivity index (χ3n) is 4.04. The molecule has 106 valence electrons. The van der Waals surface area contributed by atoms with Crippen LogP contribution < -0.4 is 5.32 Å². The second kappa shape index (κ2) is 4.49. The molecule has 5 heteroatoms.